The molecule has 6 heteroatoms. The van der Waals surface area contributed by atoms with Gasteiger partial charge in [0.15, 0.2) is 5.96 Å². The van der Waals surface area contributed by atoms with E-state index in [9.17, 15) is 0 Å². The van der Waals surface area contributed by atoms with Crippen LogP contribution >= 0.6 is 0 Å². The van der Waals surface area contributed by atoms with E-state index in [0.717, 1.165) is 31.3 Å². The van der Waals surface area contributed by atoms with Crippen LogP contribution in [0.25, 0.3) is 0 Å². The van der Waals surface area contributed by atoms with E-state index in [0.29, 0.717) is 6.04 Å². The fourth-order valence-corrected chi connectivity index (χ4v) is 3.22. The molecule has 6 nitrogen and oxygen atoms in total. The van der Waals surface area contributed by atoms with Gasteiger partial charge in [-0.2, -0.15) is 5.10 Å². The molecule has 0 bridgehead atoms. The summed E-state index contributed by atoms with van der Waals surface area (Å²) >= 11 is 0. The molecule has 1 aliphatic heterocycles. The Kier molecular flexibility index (Phi) is 5.83. The van der Waals surface area contributed by atoms with Gasteiger partial charge in [0.2, 0.25) is 0 Å². The predicted molar refractivity (Wildman–Crippen MR) is 91.2 cm³/mol. The Morgan fingerprint density at radius 1 is 1.36 bits per heavy atom. The normalized spacial score (nSPS) is 19.7. The van der Waals surface area contributed by atoms with Crippen molar-refractivity contribution in [3.8, 4) is 0 Å². The number of likely N-dealkylation sites (N-methyl/N-ethyl adjacent to an activating group) is 1. The minimum absolute atomic E-state index is 0.630. The summed E-state index contributed by atoms with van der Waals surface area (Å²) in [6.07, 6.45) is 2.58. The molecule has 1 fully saturated rings. The lowest BCUT2D eigenvalue weighted by atomic mass is 10.2. The highest BCUT2D eigenvalue weighted by atomic mass is 15.3. The van der Waals surface area contributed by atoms with Crippen LogP contribution in [-0.2, 0) is 13.6 Å². The molecule has 1 aromatic heterocycles. The van der Waals surface area contributed by atoms with Gasteiger partial charge in [0.1, 0.15) is 0 Å². The molecule has 0 amide bonds. The monoisotopic (exact) mass is 306 g/mol. The van der Waals surface area contributed by atoms with E-state index in [-0.39, 0.29) is 0 Å². The van der Waals surface area contributed by atoms with Gasteiger partial charge in [0.05, 0.1) is 5.69 Å². The minimum atomic E-state index is 0.630. The number of rotatable bonds is 5. The van der Waals surface area contributed by atoms with Crippen molar-refractivity contribution in [3.05, 3.63) is 17.0 Å². The molecule has 1 saturated heterocycles. The molecule has 1 unspecified atom stereocenters. The summed E-state index contributed by atoms with van der Waals surface area (Å²) in [7, 11) is 3.81. The summed E-state index contributed by atoms with van der Waals surface area (Å²) in [5.41, 5.74) is 3.53. The fraction of sp³-hybridized carbons (Fsp3) is 0.750. The molecule has 2 rings (SSSR count). The molecular weight excluding hydrogens is 276 g/mol. The molecule has 0 spiro atoms. The van der Waals surface area contributed by atoms with Gasteiger partial charge in [-0.05, 0) is 39.8 Å². The molecule has 2 heterocycles. The van der Waals surface area contributed by atoms with E-state index in [2.05, 4.69) is 46.4 Å². The second-order valence-electron chi connectivity index (χ2n) is 6.00. The average Bonchev–Trinajstić information content (AvgIpc) is 3.06. The van der Waals surface area contributed by atoms with Gasteiger partial charge < -0.3 is 10.6 Å². The second kappa shape index (κ2) is 7.63. The second-order valence-corrected chi connectivity index (χ2v) is 6.00. The number of nitrogens with zero attached hydrogens (tertiary/aromatic N) is 4. The summed E-state index contributed by atoms with van der Waals surface area (Å²) in [4.78, 5) is 6.87. The third-order valence-corrected chi connectivity index (χ3v) is 4.73. The predicted octanol–water partition coefficient (Wildman–Crippen LogP) is 1.19. The maximum absolute atomic E-state index is 4.45. The summed E-state index contributed by atoms with van der Waals surface area (Å²) in [5, 5.41) is 11.3. The molecule has 0 saturated carbocycles. The number of guanidine groups is 1. The lowest BCUT2D eigenvalue weighted by Crippen LogP contribution is -2.44. The quantitative estimate of drug-likeness (QED) is 0.634. The zero-order valence-corrected chi connectivity index (χ0v) is 14.6. The standard InChI is InChI=1S/C16H30N6/c1-6-22-9-7-8-14(22)10-18-16(17-4)19-11-15-12(2)20-21(5)13(15)3/h14H,6-11H2,1-5H3,(H2,17,18,19). The molecule has 0 aromatic carbocycles. The summed E-state index contributed by atoms with van der Waals surface area (Å²) in [6, 6.07) is 0.630. The Labute approximate surface area is 134 Å². The largest absolute Gasteiger partial charge is 0.355 e. The first kappa shape index (κ1) is 16.8. The summed E-state index contributed by atoms with van der Waals surface area (Å²) in [5.74, 6) is 0.866. The van der Waals surface area contributed by atoms with E-state index in [1.807, 2.05) is 18.8 Å². The van der Waals surface area contributed by atoms with Crippen LogP contribution in [-0.4, -0.2) is 53.4 Å². The highest BCUT2D eigenvalue weighted by molar-refractivity contribution is 5.79. The Balaban J connectivity index is 1.85. The lowest BCUT2D eigenvalue weighted by Gasteiger charge is -2.24. The first-order valence-corrected chi connectivity index (χ1v) is 8.24. The molecule has 1 aromatic rings. The smallest absolute Gasteiger partial charge is 0.191 e. The lowest BCUT2D eigenvalue weighted by molar-refractivity contribution is 0.267. The zero-order valence-electron chi connectivity index (χ0n) is 14.6. The maximum Gasteiger partial charge on any atom is 0.191 e. The van der Waals surface area contributed by atoms with Crippen molar-refractivity contribution in [1.82, 2.24) is 25.3 Å². The van der Waals surface area contributed by atoms with Gasteiger partial charge in [-0.25, -0.2) is 0 Å². The number of aryl methyl sites for hydroxylation is 2. The highest BCUT2D eigenvalue weighted by Gasteiger charge is 2.22. The van der Waals surface area contributed by atoms with Crippen LogP contribution in [0.1, 0.15) is 36.7 Å². The summed E-state index contributed by atoms with van der Waals surface area (Å²) in [6.45, 7) is 10.5. The fourth-order valence-electron chi connectivity index (χ4n) is 3.22. The van der Waals surface area contributed by atoms with E-state index >= 15 is 0 Å². The van der Waals surface area contributed by atoms with Crippen molar-refractivity contribution < 1.29 is 0 Å². The maximum atomic E-state index is 4.45. The van der Waals surface area contributed by atoms with Crippen molar-refractivity contribution >= 4 is 5.96 Å². The molecule has 22 heavy (non-hydrogen) atoms. The summed E-state index contributed by atoms with van der Waals surface area (Å²) < 4.78 is 1.93. The number of aliphatic imine (C=N–C) groups is 1. The first-order valence-electron chi connectivity index (χ1n) is 8.24. The SMILES string of the molecule is CCN1CCCC1CNC(=NC)NCc1c(C)nn(C)c1C. The third-order valence-electron chi connectivity index (χ3n) is 4.73. The number of likely N-dealkylation sites (tertiary alicyclic amines) is 1. The number of hydrogen-bond acceptors (Lipinski definition) is 3. The number of hydrogen-bond donors (Lipinski definition) is 2. The Morgan fingerprint density at radius 2 is 2.14 bits per heavy atom. The van der Waals surface area contributed by atoms with Crippen molar-refractivity contribution in [2.75, 3.05) is 26.7 Å². The average molecular weight is 306 g/mol. The topological polar surface area (TPSA) is 57.5 Å². The molecule has 1 atom stereocenters. The first-order chi connectivity index (χ1) is 10.6. The van der Waals surface area contributed by atoms with Gasteiger partial charge in [-0.1, -0.05) is 6.92 Å². The van der Waals surface area contributed by atoms with Crippen LogP contribution < -0.4 is 10.6 Å². The van der Waals surface area contributed by atoms with Gasteiger partial charge >= 0.3 is 0 Å². The van der Waals surface area contributed by atoms with Crippen molar-refractivity contribution in [2.24, 2.45) is 12.0 Å². The Bertz CT molecular complexity index is 519. The molecular formula is C16H30N6. The minimum Gasteiger partial charge on any atom is -0.355 e. The Morgan fingerprint density at radius 3 is 2.73 bits per heavy atom. The molecule has 2 N–H and O–H groups in total. The van der Waals surface area contributed by atoms with E-state index in [1.54, 1.807) is 0 Å². The van der Waals surface area contributed by atoms with Crippen LogP contribution in [0, 0.1) is 13.8 Å². The van der Waals surface area contributed by atoms with Crippen LogP contribution in [0.15, 0.2) is 4.99 Å². The number of nitrogens with one attached hydrogen (secondary N) is 2. The van der Waals surface area contributed by atoms with Crippen LogP contribution in [0.2, 0.25) is 0 Å². The van der Waals surface area contributed by atoms with Gasteiger partial charge in [-0.15, -0.1) is 0 Å². The number of aromatic nitrogens is 2. The van der Waals surface area contributed by atoms with E-state index < -0.39 is 0 Å². The molecule has 0 aliphatic carbocycles. The highest BCUT2D eigenvalue weighted by Crippen LogP contribution is 2.15. The molecule has 124 valence electrons. The molecule has 1 aliphatic rings. The van der Waals surface area contributed by atoms with Crippen molar-refractivity contribution in [3.63, 3.8) is 0 Å². The molecule has 0 radical (unpaired) electrons. The van der Waals surface area contributed by atoms with E-state index in [4.69, 9.17) is 0 Å². The van der Waals surface area contributed by atoms with Crippen molar-refractivity contribution in [1.29, 1.82) is 0 Å². The van der Waals surface area contributed by atoms with Gasteiger partial charge in [0, 0.05) is 44.5 Å². The van der Waals surface area contributed by atoms with E-state index in [1.165, 1.54) is 30.6 Å². The third kappa shape index (κ3) is 3.80. The van der Waals surface area contributed by atoms with Gasteiger partial charge in [0.25, 0.3) is 0 Å². The van der Waals surface area contributed by atoms with Crippen molar-refractivity contribution in [2.45, 2.75) is 46.2 Å². The van der Waals surface area contributed by atoms with Crippen LogP contribution in [0.5, 0.6) is 0 Å². The van der Waals surface area contributed by atoms with Crippen LogP contribution in [0.4, 0.5) is 0 Å². The van der Waals surface area contributed by atoms with Crippen LogP contribution in [0.3, 0.4) is 0 Å². The Hall–Kier alpha value is -1.56. The van der Waals surface area contributed by atoms with Gasteiger partial charge in [-0.3, -0.25) is 14.6 Å². The zero-order chi connectivity index (χ0) is 16.1.